The smallest absolute Gasteiger partial charge is 0.227 e. The van der Waals surface area contributed by atoms with Crippen LogP contribution in [0.3, 0.4) is 0 Å². The number of nitrogens with zero attached hydrogens (tertiary/aromatic N) is 1. The second-order valence-electron chi connectivity index (χ2n) is 5.47. The van der Waals surface area contributed by atoms with Crippen LogP contribution in [0.2, 0.25) is 0 Å². The number of imidazole rings is 1. The van der Waals surface area contributed by atoms with E-state index < -0.39 is 0 Å². The van der Waals surface area contributed by atoms with Gasteiger partial charge in [0.2, 0.25) is 5.91 Å². The molecule has 17 heavy (non-hydrogen) atoms. The highest BCUT2D eigenvalue weighted by molar-refractivity contribution is 5.77. The van der Waals surface area contributed by atoms with Crippen LogP contribution < -0.4 is 11.1 Å². The number of aromatic nitrogens is 2. The maximum atomic E-state index is 11.7. The van der Waals surface area contributed by atoms with E-state index in [1.54, 1.807) is 0 Å². The van der Waals surface area contributed by atoms with Gasteiger partial charge in [0.1, 0.15) is 5.82 Å². The van der Waals surface area contributed by atoms with Gasteiger partial charge in [0.05, 0.1) is 17.8 Å². The number of aromatic amines is 1. The Bertz CT molecular complexity index is 390. The summed E-state index contributed by atoms with van der Waals surface area (Å²) in [7, 11) is 0. The number of rotatable bonds is 4. The number of H-pyrrole nitrogens is 1. The summed E-state index contributed by atoms with van der Waals surface area (Å²) in [5, 5.41) is 2.89. The third kappa shape index (κ3) is 4.56. The van der Waals surface area contributed by atoms with Crippen molar-refractivity contribution in [2.24, 2.45) is 11.1 Å². The molecule has 0 bridgehead atoms. The first-order valence-electron chi connectivity index (χ1n) is 5.83. The van der Waals surface area contributed by atoms with Crippen molar-refractivity contribution >= 4 is 5.91 Å². The van der Waals surface area contributed by atoms with E-state index in [9.17, 15) is 4.79 Å². The zero-order chi connectivity index (χ0) is 13.1. The first kappa shape index (κ1) is 13.7. The predicted octanol–water partition coefficient (Wildman–Crippen LogP) is 0.882. The summed E-state index contributed by atoms with van der Waals surface area (Å²) in [5.41, 5.74) is 7.39. The largest absolute Gasteiger partial charge is 0.355 e. The lowest BCUT2D eigenvalue weighted by atomic mass is 9.97. The van der Waals surface area contributed by atoms with Gasteiger partial charge in [-0.2, -0.15) is 0 Å². The highest BCUT2D eigenvalue weighted by Crippen LogP contribution is 2.10. The van der Waals surface area contributed by atoms with Crippen molar-refractivity contribution in [3.63, 3.8) is 0 Å². The number of aryl methyl sites for hydroxylation is 1. The quantitative estimate of drug-likeness (QED) is 0.728. The molecular formula is C12H22N4O. The summed E-state index contributed by atoms with van der Waals surface area (Å²) in [5.74, 6) is 0.659. The monoisotopic (exact) mass is 238 g/mol. The third-order valence-electron chi connectivity index (χ3n) is 2.38. The van der Waals surface area contributed by atoms with E-state index in [1.807, 2.05) is 6.92 Å². The Hall–Kier alpha value is -1.36. The fourth-order valence-electron chi connectivity index (χ4n) is 1.42. The second-order valence-corrected chi connectivity index (χ2v) is 5.47. The van der Waals surface area contributed by atoms with Crippen LogP contribution >= 0.6 is 0 Å². The van der Waals surface area contributed by atoms with Gasteiger partial charge in [-0.25, -0.2) is 4.98 Å². The highest BCUT2D eigenvalue weighted by atomic mass is 16.1. The van der Waals surface area contributed by atoms with Crippen molar-refractivity contribution < 1.29 is 4.79 Å². The first-order chi connectivity index (χ1) is 7.81. The molecule has 0 saturated heterocycles. The molecule has 0 saturated carbocycles. The standard InChI is InChI=1S/C12H22N4O/c1-8-9(6-13)16-10(15-8)5-11(17)14-7-12(2,3)4/h5-7,13H2,1-4H3,(H,14,17)(H,15,16). The second kappa shape index (κ2) is 5.31. The number of amides is 1. The minimum absolute atomic E-state index is 0.0164. The number of carbonyl (C=O) groups is 1. The van der Waals surface area contributed by atoms with Gasteiger partial charge in [-0.3, -0.25) is 4.79 Å². The highest BCUT2D eigenvalue weighted by Gasteiger charge is 2.13. The normalized spacial score (nSPS) is 11.6. The average molecular weight is 238 g/mol. The van der Waals surface area contributed by atoms with Gasteiger partial charge in [-0.1, -0.05) is 20.8 Å². The van der Waals surface area contributed by atoms with Crippen molar-refractivity contribution in [2.45, 2.75) is 40.7 Å². The third-order valence-corrected chi connectivity index (χ3v) is 2.38. The molecule has 1 aromatic heterocycles. The predicted molar refractivity (Wildman–Crippen MR) is 67.4 cm³/mol. The number of nitrogens with one attached hydrogen (secondary N) is 2. The Morgan fingerprint density at radius 2 is 2.12 bits per heavy atom. The maximum Gasteiger partial charge on any atom is 0.227 e. The van der Waals surface area contributed by atoms with E-state index in [1.165, 1.54) is 0 Å². The molecule has 0 fully saturated rings. The maximum absolute atomic E-state index is 11.7. The van der Waals surface area contributed by atoms with Gasteiger partial charge in [-0.15, -0.1) is 0 Å². The number of carbonyl (C=O) groups excluding carboxylic acids is 1. The van der Waals surface area contributed by atoms with Crippen LogP contribution in [-0.4, -0.2) is 22.4 Å². The fourth-order valence-corrected chi connectivity index (χ4v) is 1.42. The zero-order valence-corrected chi connectivity index (χ0v) is 11.1. The minimum Gasteiger partial charge on any atom is -0.355 e. The molecule has 0 aliphatic heterocycles. The van der Waals surface area contributed by atoms with Crippen LogP contribution in [0, 0.1) is 12.3 Å². The van der Waals surface area contributed by atoms with Gasteiger partial charge in [0.25, 0.3) is 0 Å². The molecule has 5 nitrogen and oxygen atoms in total. The molecule has 1 rings (SSSR count). The van der Waals surface area contributed by atoms with Gasteiger partial charge in [-0.05, 0) is 12.3 Å². The van der Waals surface area contributed by atoms with E-state index in [2.05, 4.69) is 36.1 Å². The molecule has 0 atom stereocenters. The van der Waals surface area contributed by atoms with Crippen LogP contribution in [-0.2, 0) is 17.8 Å². The van der Waals surface area contributed by atoms with E-state index >= 15 is 0 Å². The molecule has 4 N–H and O–H groups in total. The Balaban J connectivity index is 2.50. The van der Waals surface area contributed by atoms with E-state index in [0.717, 1.165) is 11.4 Å². The summed E-state index contributed by atoms with van der Waals surface area (Å²) in [4.78, 5) is 19.0. The number of hydrogen-bond acceptors (Lipinski definition) is 3. The number of nitrogens with two attached hydrogens (primary N) is 1. The molecule has 0 aliphatic rings. The van der Waals surface area contributed by atoms with E-state index in [-0.39, 0.29) is 17.7 Å². The Labute approximate surface area is 102 Å². The van der Waals surface area contributed by atoms with Crippen LogP contribution in [0.5, 0.6) is 0 Å². The van der Waals surface area contributed by atoms with Crippen molar-refractivity contribution in [1.29, 1.82) is 0 Å². The molecule has 5 heteroatoms. The summed E-state index contributed by atoms with van der Waals surface area (Å²) in [6.07, 6.45) is 0.275. The van der Waals surface area contributed by atoms with Crippen LogP contribution in [0.1, 0.15) is 38.0 Å². The van der Waals surface area contributed by atoms with Gasteiger partial charge >= 0.3 is 0 Å². The van der Waals surface area contributed by atoms with E-state index in [4.69, 9.17) is 5.73 Å². The van der Waals surface area contributed by atoms with Crippen LogP contribution in [0.25, 0.3) is 0 Å². The molecule has 0 aromatic carbocycles. The van der Waals surface area contributed by atoms with Crippen LogP contribution in [0.15, 0.2) is 0 Å². The Morgan fingerprint density at radius 1 is 1.47 bits per heavy atom. The lowest BCUT2D eigenvalue weighted by molar-refractivity contribution is -0.120. The average Bonchev–Trinajstić information content (AvgIpc) is 2.55. The first-order valence-corrected chi connectivity index (χ1v) is 5.83. The molecule has 0 radical (unpaired) electrons. The minimum atomic E-state index is -0.0164. The Kier molecular flexibility index (Phi) is 4.28. The summed E-state index contributed by atoms with van der Waals surface area (Å²) in [6.45, 7) is 9.21. The molecule has 0 aliphatic carbocycles. The fraction of sp³-hybridized carbons (Fsp3) is 0.667. The van der Waals surface area contributed by atoms with Crippen LogP contribution in [0.4, 0.5) is 0 Å². The van der Waals surface area contributed by atoms with Gasteiger partial charge in [0.15, 0.2) is 0 Å². The molecule has 0 spiro atoms. The zero-order valence-electron chi connectivity index (χ0n) is 11.1. The molecular weight excluding hydrogens is 216 g/mol. The van der Waals surface area contributed by atoms with Crippen molar-refractivity contribution in [1.82, 2.24) is 15.3 Å². The summed E-state index contributed by atoms with van der Waals surface area (Å²) < 4.78 is 0. The van der Waals surface area contributed by atoms with Crippen molar-refractivity contribution in [2.75, 3.05) is 6.54 Å². The van der Waals surface area contributed by atoms with Crippen molar-refractivity contribution in [3.05, 3.63) is 17.2 Å². The van der Waals surface area contributed by atoms with Gasteiger partial charge < -0.3 is 16.0 Å². The van der Waals surface area contributed by atoms with E-state index in [0.29, 0.717) is 18.9 Å². The molecule has 96 valence electrons. The van der Waals surface area contributed by atoms with Gasteiger partial charge in [0, 0.05) is 13.1 Å². The molecule has 1 heterocycles. The number of hydrogen-bond donors (Lipinski definition) is 3. The Morgan fingerprint density at radius 3 is 2.59 bits per heavy atom. The molecule has 1 aromatic rings. The summed E-state index contributed by atoms with van der Waals surface area (Å²) in [6, 6.07) is 0. The lowest BCUT2D eigenvalue weighted by Crippen LogP contribution is -2.33. The molecule has 0 unspecified atom stereocenters. The SMILES string of the molecule is Cc1nc(CC(=O)NCC(C)(C)C)[nH]c1CN. The van der Waals surface area contributed by atoms with Crippen molar-refractivity contribution in [3.8, 4) is 0 Å². The summed E-state index contributed by atoms with van der Waals surface area (Å²) >= 11 is 0. The topological polar surface area (TPSA) is 83.8 Å². The lowest BCUT2D eigenvalue weighted by Gasteiger charge is -2.18. The molecule has 1 amide bonds.